The van der Waals surface area contributed by atoms with Crippen LogP contribution in [0.5, 0.6) is 0 Å². The molecule has 0 radical (unpaired) electrons. The highest BCUT2D eigenvalue weighted by molar-refractivity contribution is 6.03. The van der Waals surface area contributed by atoms with Crippen molar-refractivity contribution < 1.29 is 41.0 Å². The van der Waals surface area contributed by atoms with Crippen molar-refractivity contribution in [3.63, 3.8) is 0 Å². The number of aromatic nitrogens is 1. The fourth-order valence-corrected chi connectivity index (χ4v) is 1.90. The molecule has 1 heterocycles. The number of rotatable bonds is 3. The molecule has 138 valence electrons. The number of alkyl halides is 6. The van der Waals surface area contributed by atoms with Crippen LogP contribution in [0.2, 0.25) is 0 Å². The summed E-state index contributed by atoms with van der Waals surface area (Å²) < 4.78 is 76.7. The fraction of sp³-hybridized carbons (Fsp3) is 0.133. The van der Waals surface area contributed by atoms with Crippen molar-refractivity contribution in [2.45, 2.75) is 12.4 Å². The average molecular weight is 378 g/mol. The fourth-order valence-electron chi connectivity index (χ4n) is 1.90. The molecule has 0 atom stereocenters. The van der Waals surface area contributed by atoms with E-state index >= 15 is 0 Å². The zero-order valence-corrected chi connectivity index (χ0v) is 12.4. The molecule has 0 saturated carbocycles. The van der Waals surface area contributed by atoms with Crippen LogP contribution in [0.1, 0.15) is 32.1 Å². The van der Waals surface area contributed by atoms with E-state index < -0.39 is 52.4 Å². The van der Waals surface area contributed by atoms with Crippen molar-refractivity contribution in [1.29, 1.82) is 0 Å². The van der Waals surface area contributed by atoms with Crippen LogP contribution < -0.4 is 5.32 Å². The number of carbonyl (C=O) groups is 2. The lowest BCUT2D eigenvalue weighted by Gasteiger charge is -2.14. The quantitative estimate of drug-likeness (QED) is 0.790. The molecular weight excluding hydrogens is 370 g/mol. The molecule has 1 amide bonds. The highest BCUT2D eigenvalue weighted by Crippen LogP contribution is 2.37. The van der Waals surface area contributed by atoms with E-state index in [0.717, 1.165) is 18.2 Å². The minimum Gasteiger partial charge on any atom is -0.477 e. The summed E-state index contributed by atoms with van der Waals surface area (Å²) in [6, 6.07) is 3.84. The number of halogens is 6. The maximum atomic E-state index is 12.8. The van der Waals surface area contributed by atoms with E-state index in [1.807, 2.05) is 5.32 Å². The molecule has 2 N–H and O–H groups in total. The van der Waals surface area contributed by atoms with Crippen LogP contribution in [0.15, 0.2) is 36.4 Å². The highest BCUT2D eigenvalue weighted by Gasteiger charge is 2.37. The Hall–Kier alpha value is -3.11. The van der Waals surface area contributed by atoms with Gasteiger partial charge in [0.2, 0.25) is 0 Å². The van der Waals surface area contributed by atoms with Crippen LogP contribution in [0, 0.1) is 0 Å². The smallest absolute Gasteiger partial charge is 0.416 e. The second-order valence-electron chi connectivity index (χ2n) is 4.96. The Morgan fingerprint density at radius 2 is 1.38 bits per heavy atom. The van der Waals surface area contributed by atoms with Crippen LogP contribution in [0.25, 0.3) is 0 Å². The third kappa shape index (κ3) is 4.49. The van der Waals surface area contributed by atoms with Gasteiger partial charge in [-0.2, -0.15) is 26.3 Å². The number of nitrogens with one attached hydrogen (secondary N) is 1. The number of carboxylic acids is 1. The third-order valence-electron chi connectivity index (χ3n) is 3.05. The predicted octanol–water partition coefficient (Wildman–Crippen LogP) is 4.07. The highest BCUT2D eigenvalue weighted by atomic mass is 19.4. The minimum atomic E-state index is -5.07. The maximum Gasteiger partial charge on any atom is 0.416 e. The van der Waals surface area contributed by atoms with Crippen molar-refractivity contribution in [2.24, 2.45) is 0 Å². The first-order chi connectivity index (χ1) is 11.9. The average Bonchev–Trinajstić information content (AvgIpc) is 2.53. The number of carboxylic acid groups (broad SMARTS) is 1. The Bertz CT molecular complexity index is 829. The summed E-state index contributed by atoms with van der Waals surface area (Å²) in [5.41, 5.74) is -4.97. The van der Waals surface area contributed by atoms with Gasteiger partial charge in [-0.05, 0) is 30.3 Å². The molecule has 1 aromatic carbocycles. The molecule has 2 aromatic rings. The Balaban J connectivity index is 2.41. The van der Waals surface area contributed by atoms with Gasteiger partial charge in [0.15, 0.2) is 0 Å². The Kier molecular flexibility index (Phi) is 4.92. The predicted molar refractivity (Wildman–Crippen MR) is 75.6 cm³/mol. The molecule has 0 aliphatic rings. The van der Waals surface area contributed by atoms with Gasteiger partial charge in [0.1, 0.15) is 11.4 Å². The van der Waals surface area contributed by atoms with E-state index in [1.54, 1.807) is 0 Å². The SMILES string of the molecule is O=C(O)c1cccc(C(=O)Nc2cc(C(F)(F)F)cc(C(F)(F)F)c2)n1. The number of carbonyl (C=O) groups excluding carboxylic acids is 1. The number of pyridine rings is 1. The lowest BCUT2D eigenvalue weighted by molar-refractivity contribution is -0.143. The van der Waals surface area contributed by atoms with Crippen molar-refractivity contribution >= 4 is 17.6 Å². The van der Waals surface area contributed by atoms with Gasteiger partial charge >= 0.3 is 18.3 Å². The molecule has 0 aliphatic heterocycles. The Morgan fingerprint density at radius 1 is 0.885 bits per heavy atom. The minimum absolute atomic E-state index is 0.0844. The zero-order valence-electron chi connectivity index (χ0n) is 12.4. The number of benzene rings is 1. The summed E-state index contributed by atoms with van der Waals surface area (Å²) in [5.74, 6) is -2.63. The molecular formula is C15H8F6N2O3. The summed E-state index contributed by atoms with van der Waals surface area (Å²) >= 11 is 0. The normalized spacial score (nSPS) is 11.9. The number of hydrogen-bond acceptors (Lipinski definition) is 3. The maximum absolute atomic E-state index is 12.8. The van der Waals surface area contributed by atoms with E-state index in [0.29, 0.717) is 12.1 Å². The largest absolute Gasteiger partial charge is 0.477 e. The molecule has 0 spiro atoms. The number of aromatic carboxylic acids is 1. The van der Waals surface area contributed by atoms with Crippen LogP contribution in [0.3, 0.4) is 0 Å². The van der Waals surface area contributed by atoms with Gasteiger partial charge in [-0.3, -0.25) is 4.79 Å². The van der Waals surface area contributed by atoms with Crippen molar-refractivity contribution in [1.82, 2.24) is 4.98 Å². The summed E-state index contributed by atoms with van der Waals surface area (Å²) in [6.07, 6.45) is -10.1. The second-order valence-corrected chi connectivity index (χ2v) is 4.96. The van der Waals surface area contributed by atoms with Crippen LogP contribution in [-0.2, 0) is 12.4 Å². The number of hydrogen-bond donors (Lipinski definition) is 2. The molecule has 0 saturated heterocycles. The molecule has 0 unspecified atom stereocenters. The third-order valence-corrected chi connectivity index (χ3v) is 3.05. The molecule has 11 heteroatoms. The van der Waals surface area contributed by atoms with Gasteiger partial charge in [-0.1, -0.05) is 6.07 Å². The first-order valence-electron chi connectivity index (χ1n) is 6.69. The van der Waals surface area contributed by atoms with E-state index in [4.69, 9.17) is 5.11 Å². The standard InChI is InChI=1S/C15H8F6N2O3/c16-14(17,18)7-4-8(15(19,20)21)6-9(5-7)22-12(24)10-2-1-3-11(23-10)13(25)26/h1-6H,(H,22,24)(H,25,26). The molecule has 26 heavy (non-hydrogen) atoms. The van der Waals surface area contributed by atoms with Gasteiger partial charge in [-0.25, -0.2) is 9.78 Å². The van der Waals surface area contributed by atoms with Crippen LogP contribution >= 0.6 is 0 Å². The topological polar surface area (TPSA) is 79.3 Å². The Morgan fingerprint density at radius 3 is 1.85 bits per heavy atom. The van der Waals surface area contributed by atoms with Gasteiger partial charge < -0.3 is 10.4 Å². The summed E-state index contributed by atoms with van der Waals surface area (Å²) in [7, 11) is 0. The van der Waals surface area contributed by atoms with Crippen molar-refractivity contribution in [3.8, 4) is 0 Å². The number of nitrogens with zero attached hydrogens (tertiary/aromatic N) is 1. The first-order valence-corrected chi connectivity index (χ1v) is 6.69. The molecule has 0 aliphatic carbocycles. The van der Waals surface area contributed by atoms with E-state index in [9.17, 15) is 35.9 Å². The van der Waals surface area contributed by atoms with E-state index in [1.165, 1.54) is 0 Å². The number of amides is 1. The van der Waals surface area contributed by atoms with Crippen molar-refractivity contribution in [3.05, 3.63) is 58.9 Å². The lowest BCUT2D eigenvalue weighted by Crippen LogP contribution is -2.17. The van der Waals surface area contributed by atoms with Gasteiger partial charge in [0.05, 0.1) is 11.1 Å². The molecule has 0 bridgehead atoms. The van der Waals surface area contributed by atoms with Gasteiger partial charge in [-0.15, -0.1) is 0 Å². The van der Waals surface area contributed by atoms with Gasteiger partial charge in [0.25, 0.3) is 5.91 Å². The molecule has 5 nitrogen and oxygen atoms in total. The molecule has 0 fully saturated rings. The Labute approximate surface area is 141 Å². The zero-order chi connectivity index (χ0) is 19.7. The van der Waals surface area contributed by atoms with Gasteiger partial charge in [0, 0.05) is 5.69 Å². The molecule has 2 rings (SSSR count). The van der Waals surface area contributed by atoms with E-state index in [2.05, 4.69) is 4.98 Å². The second kappa shape index (κ2) is 6.65. The van der Waals surface area contributed by atoms with Crippen LogP contribution in [0.4, 0.5) is 32.0 Å². The van der Waals surface area contributed by atoms with Crippen molar-refractivity contribution in [2.75, 3.05) is 5.32 Å². The summed E-state index contributed by atoms with van der Waals surface area (Å²) in [5, 5.41) is 10.6. The molecule has 1 aromatic heterocycles. The van der Waals surface area contributed by atoms with E-state index in [-0.39, 0.29) is 6.07 Å². The summed E-state index contributed by atoms with van der Waals surface area (Å²) in [4.78, 5) is 26.2. The lowest BCUT2D eigenvalue weighted by atomic mass is 10.1. The van der Waals surface area contributed by atoms with Crippen LogP contribution in [-0.4, -0.2) is 22.0 Å². The number of anilines is 1. The summed E-state index contributed by atoms with van der Waals surface area (Å²) in [6.45, 7) is 0. The monoisotopic (exact) mass is 378 g/mol. The first kappa shape index (κ1) is 19.2.